The lowest BCUT2D eigenvalue weighted by Crippen LogP contribution is -2.08. The number of nitrogens with one attached hydrogen (secondary N) is 1. The number of halogens is 1. The molecule has 2 aromatic carbocycles. The summed E-state index contributed by atoms with van der Waals surface area (Å²) in [7, 11) is 0. The van der Waals surface area contributed by atoms with Crippen molar-refractivity contribution < 1.29 is 8.91 Å². The fraction of sp³-hybridized carbons (Fsp3) is 0.158. The van der Waals surface area contributed by atoms with Crippen LogP contribution < -0.4 is 5.32 Å². The van der Waals surface area contributed by atoms with Gasteiger partial charge in [0.2, 0.25) is 0 Å². The highest BCUT2D eigenvalue weighted by molar-refractivity contribution is 7.22. The molecule has 0 atom stereocenters. The number of rotatable bonds is 4. The first-order valence-electron chi connectivity index (χ1n) is 7.99. The third-order valence-corrected chi connectivity index (χ3v) is 4.75. The van der Waals surface area contributed by atoms with Crippen molar-refractivity contribution in [2.75, 3.05) is 5.32 Å². The van der Waals surface area contributed by atoms with Crippen LogP contribution in [0.15, 0.2) is 53.2 Å². The third-order valence-electron chi connectivity index (χ3n) is 3.80. The normalized spacial score (nSPS) is 11.4. The Morgan fingerprint density at radius 2 is 1.96 bits per heavy atom. The van der Waals surface area contributed by atoms with Crippen LogP contribution in [0.1, 0.15) is 13.8 Å². The molecule has 1 N–H and O–H groups in total. The molecule has 25 heavy (non-hydrogen) atoms. The van der Waals surface area contributed by atoms with Gasteiger partial charge in [0, 0.05) is 11.6 Å². The topological polar surface area (TPSA) is 51.0 Å². The van der Waals surface area contributed by atoms with E-state index < -0.39 is 0 Å². The third kappa shape index (κ3) is 3.00. The fourth-order valence-corrected chi connectivity index (χ4v) is 3.74. The second-order valence-corrected chi connectivity index (χ2v) is 7.08. The van der Waals surface area contributed by atoms with E-state index in [4.69, 9.17) is 4.52 Å². The molecule has 0 radical (unpaired) electrons. The maximum absolute atomic E-state index is 14.1. The van der Waals surface area contributed by atoms with Crippen LogP contribution in [0.25, 0.3) is 32.7 Å². The highest BCUT2D eigenvalue weighted by Crippen LogP contribution is 2.36. The minimum atomic E-state index is -0.331. The molecule has 4 rings (SSSR count). The summed E-state index contributed by atoms with van der Waals surface area (Å²) in [5.41, 5.74) is 3.02. The van der Waals surface area contributed by atoms with E-state index in [-0.39, 0.29) is 5.82 Å². The van der Waals surface area contributed by atoms with Crippen molar-refractivity contribution in [2.45, 2.75) is 19.9 Å². The standard InChI is InChI=1S/C19H16FN3OS/c1-11(2)22-19-23-16-8-7-12(9-17(16)25-19)14-10-21-24-18(14)13-5-3-4-6-15(13)20/h3-11H,1-2H3,(H,22,23). The zero-order valence-electron chi connectivity index (χ0n) is 13.8. The van der Waals surface area contributed by atoms with E-state index in [9.17, 15) is 4.39 Å². The smallest absolute Gasteiger partial charge is 0.183 e. The van der Waals surface area contributed by atoms with Gasteiger partial charge in [-0.05, 0) is 43.7 Å². The Hall–Kier alpha value is -2.73. The zero-order valence-corrected chi connectivity index (χ0v) is 14.6. The number of anilines is 1. The summed E-state index contributed by atoms with van der Waals surface area (Å²) >= 11 is 1.59. The van der Waals surface area contributed by atoms with Crippen molar-refractivity contribution in [1.82, 2.24) is 10.1 Å². The van der Waals surface area contributed by atoms with Gasteiger partial charge in [-0.3, -0.25) is 0 Å². The monoisotopic (exact) mass is 353 g/mol. The van der Waals surface area contributed by atoms with Gasteiger partial charge in [0.15, 0.2) is 10.9 Å². The largest absolute Gasteiger partial charge is 0.359 e. The molecule has 0 aliphatic heterocycles. The summed E-state index contributed by atoms with van der Waals surface area (Å²) in [6.45, 7) is 4.16. The van der Waals surface area contributed by atoms with Crippen molar-refractivity contribution in [1.29, 1.82) is 0 Å². The van der Waals surface area contributed by atoms with E-state index in [1.165, 1.54) is 6.07 Å². The molecule has 2 aromatic heterocycles. The van der Waals surface area contributed by atoms with Crippen LogP contribution >= 0.6 is 11.3 Å². The number of thiazole rings is 1. The molecule has 126 valence electrons. The van der Waals surface area contributed by atoms with Gasteiger partial charge in [0.1, 0.15) is 5.82 Å². The van der Waals surface area contributed by atoms with Gasteiger partial charge in [-0.2, -0.15) is 0 Å². The summed E-state index contributed by atoms with van der Waals surface area (Å²) in [6.07, 6.45) is 1.62. The molecule has 0 bridgehead atoms. The molecular weight excluding hydrogens is 337 g/mol. The first-order valence-corrected chi connectivity index (χ1v) is 8.80. The minimum Gasteiger partial charge on any atom is -0.359 e. The molecule has 0 saturated heterocycles. The molecule has 0 saturated carbocycles. The van der Waals surface area contributed by atoms with Crippen molar-refractivity contribution >= 4 is 26.7 Å². The molecule has 0 aliphatic rings. The van der Waals surface area contributed by atoms with Crippen LogP contribution in [0.4, 0.5) is 9.52 Å². The predicted octanol–water partition coefficient (Wildman–Crippen LogP) is 5.58. The Kier molecular flexibility index (Phi) is 3.97. The summed E-state index contributed by atoms with van der Waals surface area (Å²) in [6, 6.07) is 12.8. The molecular formula is C19H16FN3OS. The second-order valence-electron chi connectivity index (χ2n) is 6.05. The lowest BCUT2D eigenvalue weighted by atomic mass is 10.0. The first kappa shape index (κ1) is 15.8. The summed E-state index contributed by atoms with van der Waals surface area (Å²) in [5.74, 6) is 0.102. The maximum Gasteiger partial charge on any atom is 0.183 e. The SMILES string of the molecule is CC(C)Nc1nc2ccc(-c3cnoc3-c3ccccc3F)cc2s1. The van der Waals surface area contributed by atoms with E-state index in [2.05, 4.69) is 29.3 Å². The Morgan fingerprint density at radius 1 is 1.12 bits per heavy atom. The van der Waals surface area contributed by atoms with Gasteiger partial charge < -0.3 is 9.84 Å². The summed E-state index contributed by atoms with van der Waals surface area (Å²) in [5, 5.41) is 8.09. The van der Waals surface area contributed by atoms with Crippen LogP contribution in [0.5, 0.6) is 0 Å². The summed E-state index contributed by atoms with van der Waals surface area (Å²) < 4.78 is 20.5. The van der Waals surface area contributed by atoms with E-state index >= 15 is 0 Å². The second kappa shape index (κ2) is 6.29. The minimum absolute atomic E-state index is 0.325. The highest BCUT2D eigenvalue weighted by atomic mass is 32.1. The van der Waals surface area contributed by atoms with Crippen LogP contribution in [0.2, 0.25) is 0 Å². The molecule has 4 aromatic rings. The highest BCUT2D eigenvalue weighted by Gasteiger charge is 2.17. The zero-order chi connectivity index (χ0) is 17.4. The summed E-state index contributed by atoms with van der Waals surface area (Å²) in [4.78, 5) is 4.58. The molecule has 0 unspecified atom stereocenters. The lowest BCUT2D eigenvalue weighted by Gasteiger charge is -2.03. The Bertz CT molecular complexity index is 1040. The predicted molar refractivity (Wildman–Crippen MR) is 99.3 cm³/mol. The number of fused-ring (bicyclic) bond motifs is 1. The molecule has 0 aliphatic carbocycles. The van der Waals surface area contributed by atoms with Crippen molar-refractivity contribution in [3.8, 4) is 22.5 Å². The van der Waals surface area contributed by atoms with Crippen LogP contribution in [0.3, 0.4) is 0 Å². The maximum atomic E-state index is 14.1. The molecule has 0 spiro atoms. The Morgan fingerprint density at radius 3 is 2.76 bits per heavy atom. The molecule has 0 fully saturated rings. The first-order chi connectivity index (χ1) is 12.1. The van der Waals surface area contributed by atoms with E-state index in [0.717, 1.165) is 26.5 Å². The number of hydrogen-bond acceptors (Lipinski definition) is 5. The van der Waals surface area contributed by atoms with Crippen LogP contribution in [-0.2, 0) is 0 Å². The van der Waals surface area contributed by atoms with Gasteiger partial charge in [0.05, 0.1) is 22.0 Å². The van der Waals surface area contributed by atoms with Gasteiger partial charge in [0.25, 0.3) is 0 Å². The van der Waals surface area contributed by atoms with Crippen LogP contribution in [-0.4, -0.2) is 16.2 Å². The number of aromatic nitrogens is 2. The van der Waals surface area contributed by atoms with Gasteiger partial charge >= 0.3 is 0 Å². The van der Waals surface area contributed by atoms with Crippen LogP contribution in [0, 0.1) is 5.82 Å². The number of benzene rings is 2. The van der Waals surface area contributed by atoms with E-state index in [1.807, 2.05) is 18.2 Å². The molecule has 2 heterocycles. The fourth-order valence-electron chi connectivity index (χ4n) is 2.69. The average Bonchev–Trinajstić information content (AvgIpc) is 3.19. The van der Waals surface area contributed by atoms with E-state index in [0.29, 0.717) is 17.4 Å². The Balaban J connectivity index is 1.78. The number of nitrogens with zero attached hydrogens (tertiary/aromatic N) is 2. The van der Waals surface area contributed by atoms with Crippen molar-refractivity contribution in [2.24, 2.45) is 0 Å². The van der Waals surface area contributed by atoms with Gasteiger partial charge in [-0.25, -0.2) is 9.37 Å². The van der Waals surface area contributed by atoms with Crippen molar-refractivity contribution in [3.63, 3.8) is 0 Å². The quantitative estimate of drug-likeness (QED) is 0.520. The lowest BCUT2D eigenvalue weighted by molar-refractivity contribution is 0.430. The molecule has 0 amide bonds. The molecule has 6 heteroatoms. The van der Waals surface area contributed by atoms with E-state index in [1.54, 1.807) is 35.7 Å². The van der Waals surface area contributed by atoms with Crippen molar-refractivity contribution in [3.05, 3.63) is 54.5 Å². The molecule has 4 nitrogen and oxygen atoms in total. The Labute approximate surface area is 148 Å². The van der Waals surface area contributed by atoms with Gasteiger partial charge in [-0.15, -0.1) is 0 Å². The average molecular weight is 353 g/mol. The van der Waals surface area contributed by atoms with Gasteiger partial charge in [-0.1, -0.05) is 34.7 Å². The number of hydrogen-bond donors (Lipinski definition) is 1.